The molecule has 0 unspecified atom stereocenters. The van der Waals surface area contributed by atoms with Crippen molar-refractivity contribution in [3.05, 3.63) is 52.7 Å². The van der Waals surface area contributed by atoms with Gasteiger partial charge in [0.15, 0.2) is 23.0 Å². The number of pyridine rings is 2. The zero-order chi connectivity index (χ0) is 25.5. The highest BCUT2D eigenvalue weighted by molar-refractivity contribution is 6.34. The molecular weight excluding hydrogens is 517 g/mol. The second-order valence-corrected chi connectivity index (χ2v) is 9.35. The fourth-order valence-corrected chi connectivity index (χ4v) is 4.95. The number of H-pyrrole nitrogens is 1. The number of nitrogens with zero attached hydrogens (tertiary/aromatic N) is 6. The van der Waals surface area contributed by atoms with Crippen LogP contribution < -0.4 is 14.4 Å². The van der Waals surface area contributed by atoms with Crippen molar-refractivity contribution >= 4 is 51.1 Å². The fourth-order valence-electron chi connectivity index (χ4n) is 4.55. The Morgan fingerprint density at radius 3 is 2.59 bits per heavy atom. The fraction of sp³-hybridized carbons (Fsp3) is 0.280. The molecule has 1 aliphatic heterocycles. The third-order valence-corrected chi connectivity index (χ3v) is 6.85. The number of ether oxygens (including phenoxy) is 3. The second kappa shape index (κ2) is 9.70. The van der Waals surface area contributed by atoms with E-state index in [0.717, 1.165) is 46.5 Å². The van der Waals surface area contributed by atoms with E-state index in [4.69, 9.17) is 47.5 Å². The number of morpholine rings is 1. The summed E-state index contributed by atoms with van der Waals surface area (Å²) >= 11 is 12.7. The average molecular weight is 540 g/mol. The Hall–Kier alpha value is -3.60. The van der Waals surface area contributed by atoms with Crippen LogP contribution in [-0.4, -0.2) is 70.2 Å². The topological polar surface area (TPSA) is 103 Å². The number of hydrogen-bond donors (Lipinski definition) is 1. The zero-order valence-electron chi connectivity index (χ0n) is 20.2. The summed E-state index contributed by atoms with van der Waals surface area (Å²) in [4.78, 5) is 19.2. The molecule has 37 heavy (non-hydrogen) atoms. The maximum Gasteiger partial charge on any atom is 0.179 e. The summed E-state index contributed by atoms with van der Waals surface area (Å²) in [5, 5.41) is 6.75. The van der Waals surface area contributed by atoms with Crippen molar-refractivity contribution in [1.29, 1.82) is 0 Å². The maximum atomic E-state index is 6.70. The van der Waals surface area contributed by atoms with E-state index in [1.54, 1.807) is 26.4 Å². The van der Waals surface area contributed by atoms with Crippen LogP contribution in [0.15, 0.2) is 36.7 Å². The molecule has 10 nitrogen and oxygen atoms in total. The Morgan fingerprint density at radius 2 is 1.81 bits per heavy atom. The van der Waals surface area contributed by atoms with Gasteiger partial charge in [-0.15, -0.1) is 0 Å². The number of fused-ring (bicyclic) bond motifs is 2. The minimum atomic E-state index is 0.396. The highest BCUT2D eigenvalue weighted by atomic mass is 35.5. The second-order valence-electron chi connectivity index (χ2n) is 8.56. The lowest BCUT2D eigenvalue weighted by Crippen LogP contribution is -2.36. The van der Waals surface area contributed by atoms with Gasteiger partial charge in [-0.25, -0.2) is 15.0 Å². The molecule has 1 aliphatic rings. The number of imidazole rings is 1. The predicted molar refractivity (Wildman–Crippen MR) is 142 cm³/mol. The molecule has 0 amide bonds. The number of benzene rings is 1. The van der Waals surface area contributed by atoms with Crippen LogP contribution in [0.5, 0.6) is 11.5 Å². The van der Waals surface area contributed by atoms with E-state index < -0.39 is 0 Å². The van der Waals surface area contributed by atoms with E-state index in [1.165, 1.54) is 0 Å². The number of anilines is 1. The predicted octanol–water partition coefficient (Wildman–Crippen LogP) is 4.58. The van der Waals surface area contributed by atoms with Gasteiger partial charge in [-0.05, 0) is 18.2 Å². The molecule has 190 valence electrons. The Morgan fingerprint density at radius 1 is 1.03 bits per heavy atom. The van der Waals surface area contributed by atoms with Crippen LogP contribution in [0.3, 0.4) is 0 Å². The lowest BCUT2D eigenvalue weighted by molar-refractivity contribution is 0.122. The van der Waals surface area contributed by atoms with Crippen molar-refractivity contribution < 1.29 is 14.2 Å². The number of nitrogens with one attached hydrogen (secondary N) is 1. The van der Waals surface area contributed by atoms with Gasteiger partial charge in [-0.2, -0.15) is 5.10 Å². The van der Waals surface area contributed by atoms with Gasteiger partial charge in [-0.1, -0.05) is 23.2 Å². The molecule has 0 spiro atoms. The highest BCUT2D eigenvalue weighted by Crippen LogP contribution is 2.41. The maximum absolute atomic E-state index is 6.70. The van der Waals surface area contributed by atoms with Crippen molar-refractivity contribution in [2.24, 2.45) is 0 Å². The normalized spacial score (nSPS) is 14.0. The lowest BCUT2D eigenvalue weighted by atomic mass is 10.0. The molecule has 1 aromatic carbocycles. The van der Waals surface area contributed by atoms with Gasteiger partial charge >= 0.3 is 0 Å². The first-order valence-electron chi connectivity index (χ1n) is 11.7. The molecule has 0 radical (unpaired) electrons. The van der Waals surface area contributed by atoms with Crippen molar-refractivity contribution in [2.45, 2.75) is 6.54 Å². The zero-order valence-corrected chi connectivity index (χ0v) is 21.7. The van der Waals surface area contributed by atoms with Crippen LogP contribution in [0.4, 0.5) is 5.82 Å². The molecule has 1 fully saturated rings. The molecule has 0 bridgehead atoms. The minimum absolute atomic E-state index is 0.396. The molecule has 1 saturated heterocycles. The molecule has 6 rings (SSSR count). The summed E-state index contributed by atoms with van der Waals surface area (Å²) in [6.07, 6.45) is 3.82. The summed E-state index contributed by atoms with van der Waals surface area (Å²) in [7, 11) is 3.18. The van der Waals surface area contributed by atoms with Crippen molar-refractivity contribution in [3.63, 3.8) is 0 Å². The quantitative estimate of drug-likeness (QED) is 0.313. The van der Waals surface area contributed by atoms with Gasteiger partial charge in [-0.3, -0.25) is 4.68 Å². The summed E-state index contributed by atoms with van der Waals surface area (Å²) in [5.41, 5.74) is 3.74. The van der Waals surface area contributed by atoms with Crippen LogP contribution in [0.25, 0.3) is 33.2 Å². The summed E-state index contributed by atoms with van der Waals surface area (Å²) in [6.45, 7) is 3.16. The monoisotopic (exact) mass is 539 g/mol. The van der Waals surface area contributed by atoms with E-state index in [9.17, 15) is 0 Å². The summed E-state index contributed by atoms with van der Waals surface area (Å²) < 4.78 is 18.3. The van der Waals surface area contributed by atoms with E-state index >= 15 is 0 Å². The van der Waals surface area contributed by atoms with Gasteiger partial charge in [0.25, 0.3) is 0 Å². The number of methoxy groups -OCH3 is 2. The number of rotatable bonds is 6. The van der Waals surface area contributed by atoms with Gasteiger partial charge in [0.2, 0.25) is 0 Å². The van der Waals surface area contributed by atoms with Crippen LogP contribution in [0.1, 0.15) is 5.82 Å². The van der Waals surface area contributed by atoms with Gasteiger partial charge < -0.3 is 24.1 Å². The summed E-state index contributed by atoms with van der Waals surface area (Å²) in [6, 6.07) is 7.19. The van der Waals surface area contributed by atoms with Crippen LogP contribution in [0.2, 0.25) is 10.2 Å². The Balaban J connectivity index is 1.48. The molecule has 0 aliphatic carbocycles. The smallest absolute Gasteiger partial charge is 0.179 e. The Kier molecular flexibility index (Phi) is 6.23. The Bertz CT molecular complexity index is 1610. The lowest BCUT2D eigenvalue weighted by Gasteiger charge is -2.28. The molecule has 4 aromatic heterocycles. The molecule has 0 saturated carbocycles. The number of aromatic nitrogens is 6. The third kappa shape index (κ3) is 4.41. The van der Waals surface area contributed by atoms with Crippen LogP contribution in [-0.2, 0) is 11.3 Å². The molecule has 0 atom stereocenters. The van der Waals surface area contributed by atoms with Crippen LogP contribution >= 0.6 is 23.2 Å². The van der Waals surface area contributed by atoms with Crippen LogP contribution in [0, 0.1) is 0 Å². The van der Waals surface area contributed by atoms with E-state index in [2.05, 4.69) is 19.9 Å². The third-order valence-electron chi connectivity index (χ3n) is 6.33. The van der Waals surface area contributed by atoms with E-state index in [0.29, 0.717) is 52.9 Å². The molecular formula is C25H23Cl2N7O3. The molecule has 5 heterocycles. The van der Waals surface area contributed by atoms with E-state index in [-0.39, 0.29) is 0 Å². The number of aromatic amines is 1. The Labute approximate surface area is 222 Å². The van der Waals surface area contributed by atoms with Crippen molar-refractivity contribution in [3.8, 4) is 22.6 Å². The SMILES string of the molecule is COc1cc(Cl)c(-c2cnc(N3CCOCC3)c3nn(Cc4nc5nc(Cl)ccc5[nH]4)cc23)cc1OC. The van der Waals surface area contributed by atoms with Gasteiger partial charge in [0.1, 0.15) is 16.5 Å². The minimum Gasteiger partial charge on any atom is -0.493 e. The number of hydrogen-bond acceptors (Lipinski definition) is 8. The molecule has 12 heteroatoms. The van der Waals surface area contributed by atoms with Gasteiger partial charge in [0.05, 0.1) is 44.5 Å². The first-order chi connectivity index (χ1) is 18.0. The van der Waals surface area contributed by atoms with Crippen molar-refractivity contribution in [1.82, 2.24) is 29.7 Å². The van der Waals surface area contributed by atoms with E-state index in [1.807, 2.05) is 29.2 Å². The first kappa shape index (κ1) is 23.8. The van der Waals surface area contributed by atoms with Crippen molar-refractivity contribution in [2.75, 3.05) is 45.4 Å². The molecule has 5 aromatic rings. The van der Waals surface area contributed by atoms with Gasteiger partial charge in [0, 0.05) is 48.1 Å². The average Bonchev–Trinajstić information content (AvgIpc) is 3.51. The molecule has 1 N–H and O–H groups in total. The standard InChI is InChI=1S/C25H23Cl2N7O3/c1-35-19-9-14(17(26)10-20(19)36-2)15-11-28-25(33-5-7-37-8-6-33)23-16(15)12-34(32-23)13-22-29-18-3-4-21(27)30-24(18)31-22/h3-4,9-12H,5-8,13H2,1-2H3,(H,29,30,31). The first-order valence-corrected chi connectivity index (χ1v) is 12.4. The summed E-state index contributed by atoms with van der Waals surface area (Å²) in [5.74, 6) is 2.65. The highest BCUT2D eigenvalue weighted by Gasteiger charge is 2.22. The largest absolute Gasteiger partial charge is 0.493 e. The number of halogens is 2.